The number of nitrogens with two attached hydrogens (primary N) is 1. The summed E-state index contributed by atoms with van der Waals surface area (Å²) in [5.74, 6) is 5.84. The molecule has 17 heavy (non-hydrogen) atoms. The van der Waals surface area contributed by atoms with Crippen molar-refractivity contribution in [1.29, 1.82) is 0 Å². The van der Waals surface area contributed by atoms with Gasteiger partial charge in [-0.05, 0) is 31.4 Å². The van der Waals surface area contributed by atoms with Crippen LogP contribution in [0, 0.1) is 0 Å². The summed E-state index contributed by atoms with van der Waals surface area (Å²) in [6.45, 7) is 10.1. The smallest absolute Gasteiger partial charge is 0.120 e. The number of nitrogens with one attached hydrogen (secondary N) is 1. The Bertz CT molecular complexity index is 333. The van der Waals surface area contributed by atoms with Crippen LogP contribution in [0.4, 0.5) is 0 Å². The van der Waals surface area contributed by atoms with Crippen LogP contribution in [-0.2, 0) is 12.0 Å². The first-order valence-electron chi connectivity index (χ1n) is 6.37. The Hall–Kier alpha value is -1.06. The number of phenols is 1. The minimum absolute atomic E-state index is 0.316. The summed E-state index contributed by atoms with van der Waals surface area (Å²) in [4.78, 5) is 0. The molecular formula is C14H26N2O. The molecule has 0 fully saturated rings. The molecule has 0 saturated heterocycles. The SMILES string of the molecule is CC.CCc1ccc(C(C)(CC)NN)c(O)c1. The summed E-state index contributed by atoms with van der Waals surface area (Å²) >= 11 is 0. The zero-order valence-corrected chi connectivity index (χ0v) is 11.7. The monoisotopic (exact) mass is 238 g/mol. The first-order valence-corrected chi connectivity index (χ1v) is 6.37. The van der Waals surface area contributed by atoms with Crippen LogP contribution in [0.3, 0.4) is 0 Å². The normalized spacial score (nSPS) is 13.5. The highest BCUT2D eigenvalue weighted by atomic mass is 16.3. The molecule has 0 bridgehead atoms. The van der Waals surface area contributed by atoms with Crippen LogP contribution in [0.1, 0.15) is 52.2 Å². The van der Waals surface area contributed by atoms with E-state index in [4.69, 9.17) is 5.84 Å². The molecule has 1 rings (SSSR count). The summed E-state index contributed by atoms with van der Waals surface area (Å²) in [6, 6.07) is 5.78. The van der Waals surface area contributed by atoms with Crippen molar-refractivity contribution in [2.75, 3.05) is 0 Å². The average Bonchev–Trinajstić information content (AvgIpc) is 2.40. The number of rotatable bonds is 4. The number of benzene rings is 1. The molecule has 0 heterocycles. The number of aryl methyl sites for hydroxylation is 1. The van der Waals surface area contributed by atoms with E-state index in [1.165, 1.54) is 0 Å². The van der Waals surface area contributed by atoms with Crippen LogP contribution in [0.5, 0.6) is 5.75 Å². The molecule has 0 amide bonds. The Balaban J connectivity index is 0.00000121. The van der Waals surface area contributed by atoms with E-state index in [-0.39, 0.29) is 5.54 Å². The van der Waals surface area contributed by atoms with Crippen molar-refractivity contribution in [3.05, 3.63) is 29.3 Å². The van der Waals surface area contributed by atoms with Crippen molar-refractivity contribution < 1.29 is 5.11 Å². The van der Waals surface area contributed by atoms with Crippen LogP contribution in [0.25, 0.3) is 0 Å². The zero-order chi connectivity index (χ0) is 13.5. The molecule has 0 aliphatic heterocycles. The highest BCUT2D eigenvalue weighted by molar-refractivity contribution is 5.40. The molecule has 0 radical (unpaired) electrons. The van der Waals surface area contributed by atoms with Gasteiger partial charge in [-0.2, -0.15) is 0 Å². The first kappa shape index (κ1) is 15.9. The zero-order valence-electron chi connectivity index (χ0n) is 11.7. The van der Waals surface area contributed by atoms with Crippen molar-refractivity contribution in [3.63, 3.8) is 0 Å². The lowest BCUT2D eigenvalue weighted by molar-refractivity contribution is 0.342. The van der Waals surface area contributed by atoms with Gasteiger partial charge in [0, 0.05) is 5.56 Å². The standard InChI is InChI=1S/C12H20N2O.C2H6/c1-4-9-6-7-10(11(15)8-9)12(3,5-2)14-13;1-2/h6-8,14-15H,4-5,13H2,1-3H3;1-2H3. The second-order valence-corrected chi connectivity index (χ2v) is 4.04. The molecule has 0 spiro atoms. The predicted octanol–water partition coefficient (Wildman–Crippen LogP) is 3.07. The van der Waals surface area contributed by atoms with E-state index in [9.17, 15) is 5.11 Å². The number of aromatic hydroxyl groups is 1. The molecule has 1 aromatic rings. The quantitative estimate of drug-likeness (QED) is 0.558. The summed E-state index contributed by atoms with van der Waals surface area (Å²) < 4.78 is 0. The third-order valence-electron chi connectivity index (χ3n) is 3.09. The molecule has 0 saturated carbocycles. The van der Waals surface area contributed by atoms with Crippen molar-refractivity contribution in [2.45, 2.75) is 53.0 Å². The lowest BCUT2D eigenvalue weighted by Gasteiger charge is -2.28. The summed E-state index contributed by atoms with van der Waals surface area (Å²) in [5.41, 5.74) is 4.38. The van der Waals surface area contributed by atoms with Gasteiger partial charge in [0.15, 0.2) is 0 Å². The van der Waals surface area contributed by atoms with E-state index in [1.807, 2.05) is 39.8 Å². The van der Waals surface area contributed by atoms with Gasteiger partial charge >= 0.3 is 0 Å². The van der Waals surface area contributed by atoms with Gasteiger partial charge in [-0.25, -0.2) is 0 Å². The van der Waals surface area contributed by atoms with Crippen LogP contribution >= 0.6 is 0 Å². The molecule has 3 heteroatoms. The maximum atomic E-state index is 9.92. The average molecular weight is 238 g/mol. The van der Waals surface area contributed by atoms with E-state index < -0.39 is 0 Å². The van der Waals surface area contributed by atoms with E-state index in [1.54, 1.807) is 6.07 Å². The Kier molecular flexibility index (Phi) is 6.85. The second kappa shape index (κ2) is 7.30. The lowest BCUT2D eigenvalue weighted by atomic mass is 9.88. The summed E-state index contributed by atoms with van der Waals surface area (Å²) in [5, 5.41) is 9.92. The molecule has 1 unspecified atom stereocenters. The Morgan fingerprint density at radius 1 is 1.29 bits per heavy atom. The minimum Gasteiger partial charge on any atom is -0.508 e. The van der Waals surface area contributed by atoms with Crippen molar-refractivity contribution in [2.24, 2.45) is 5.84 Å². The van der Waals surface area contributed by atoms with Gasteiger partial charge in [0.05, 0.1) is 5.54 Å². The van der Waals surface area contributed by atoms with Gasteiger partial charge in [-0.1, -0.05) is 39.8 Å². The van der Waals surface area contributed by atoms with E-state index in [2.05, 4.69) is 12.3 Å². The second-order valence-electron chi connectivity index (χ2n) is 4.04. The third-order valence-corrected chi connectivity index (χ3v) is 3.09. The fourth-order valence-electron chi connectivity index (χ4n) is 1.63. The minimum atomic E-state index is -0.365. The van der Waals surface area contributed by atoms with Crippen LogP contribution in [0.2, 0.25) is 0 Å². The largest absolute Gasteiger partial charge is 0.508 e. The van der Waals surface area contributed by atoms with Gasteiger partial charge in [-0.15, -0.1) is 0 Å². The van der Waals surface area contributed by atoms with Crippen molar-refractivity contribution >= 4 is 0 Å². The van der Waals surface area contributed by atoms with Gasteiger partial charge in [0.2, 0.25) is 0 Å². The fraction of sp³-hybridized carbons (Fsp3) is 0.571. The number of hydrogen-bond donors (Lipinski definition) is 3. The van der Waals surface area contributed by atoms with Crippen LogP contribution < -0.4 is 11.3 Å². The highest BCUT2D eigenvalue weighted by Crippen LogP contribution is 2.31. The van der Waals surface area contributed by atoms with Crippen LogP contribution in [0.15, 0.2) is 18.2 Å². The Morgan fingerprint density at radius 3 is 2.24 bits per heavy atom. The molecule has 1 aromatic carbocycles. The third kappa shape index (κ3) is 3.72. The van der Waals surface area contributed by atoms with E-state index >= 15 is 0 Å². The molecule has 0 aromatic heterocycles. The Morgan fingerprint density at radius 2 is 1.88 bits per heavy atom. The lowest BCUT2D eigenvalue weighted by Crippen LogP contribution is -2.43. The molecule has 98 valence electrons. The first-order chi connectivity index (χ1) is 8.07. The predicted molar refractivity (Wildman–Crippen MR) is 73.8 cm³/mol. The number of hydrazine groups is 1. The fourth-order valence-corrected chi connectivity index (χ4v) is 1.63. The van der Waals surface area contributed by atoms with Gasteiger partial charge in [-0.3, -0.25) is 11.3 Å². The van der Waals surface area contributed by atoms with Crippen LogP contribution in [-0.4, -0.2) is 5.11 Å². The van der Waals surface area contributed by atoms with Gasteiger partial charge in [0.1, 0.15) is 5.75 Å². The molecular weight excluding hydrogens is 212 g/mol. The van der Waals surface area contributed by atoms with Gasteiger partial charge < -0.3 is 5.11 Å². The Labute approximate surface area is 105 Å². The van der Waals surface area contributed by atoms with Crippen molar-refractivity contribution in [1.82, 2.24) is 5.43 Å². The highest BCUT2D eigenvalue weighted by Gasteiger charge is 2.25. The molecule has 4 N–H and O–H groups in total. The van der Waals surface area contributed by atoms with Gasteiger partial charge in [0.25, 0.3) is 0 Å². The maximum absolute atomic E-state index is 9.92. The van der Waals surface area contributed by atoms with E-state index in [0.29, 0.717) is 5.75 Å². The number of phenolic OH excluding ortho intramolecular Hbond substituents is 1. The van der Waals surface area contributed by atoms with E-state index in [0.717, 1.165) is 24.0 Å². The topological polar surface area (TPSA) is 58.3 Å². The van der Waals surface area contributed by atoms with Crippen molar-refractivity contribution in [3.8, 4) is 5.75 Å². The number of hydrogen-bond acceptors (Lipinski definition) is 3. The molecule has 0 aliphatic rings. The molecule has 3 nitrogen and oxygen atoms in total. The molecule has 0 aliphatic carbocycles. The summed E-state index contributed by atoms with van der Waals surface area (Å²) in [7, 11) is 0. The molecule has 1 atom stereocenters. The maximum Gasteiger partial charge on any atom is 0.120 e. The summed E-state index contributed by atoms with van der Waals surface area (Å²) in [6.07, 6.45) is 1.75.